The molecule has 0 atom stereocenters. The Hall–Kier alpha value is -3.59. The summed E-state index contributed by atoms with van der Waals surface area (Å²) in [5.41, 5.74) is 2.38. The summed E-state index contributed by atoms with van der Waals surface area (Å²) in [6, 6.07) is 12.6. The van der Waals surface area contributed by atoms with Crippen LogP contribution in [0.15, 0.2) is 48.7 Å². The van der Waals surface area contributed by atoms with Crippen molar-refractivity contribution < 1.29 is 19.1 Å². The van der Waals surface area contributed by atoms with E-state index in [2.05, 4.69) is 22.4 Å². The summed E-state index contributed by atoms with van der Waals surface area (Å²) < 4.78 is 5.12. The Bertz CT molecular complexity index is 1300. The molecule has 0 aliphatic heterocycles. The van der Waals surface area contributed by atoms with Crippen LogP contribution in [-0.4, -0.2) is 41.6 Å². The van der Waals surface area contributed by atoms with Crippen LogP contribution in [0.4, 0.5) is 11.4 Å². The second kappa shape index (κ2) is 11.4. The number of ether oxygens (including phenoxy) is 1. The summed E-state index contributed by atoms with van der Waals surface area (Å²) in [6.07, 6.45) is 7.65. The van der Waals surface area contributed by atoms with Crippen molar-refractivity contribution in [2.24, 2.45) is 17.8 Å². The van der Waals surface area contributed by atoms with Gasteiger partial charge in [-0.3, -0.25) is 9.59 Å². The molecule has 0 radical (unpaired) electrons. The number of hydrogen-bond donors (Lipinski definition) is 1. The SMILES string of the molecule is COC(=O)c1sc(-c2ccc(NC(=O)c3cccnn3)cc2)cc1N(CC1CC1)C(=O)C1CCC(C)CC1. The zero-order valence-electron chi connectivity index (χ0n) is 21.7. The fourth-order valence-electron chi connectivity index (χ4n) is 4.89. The lowest BCUT2D eigenvalue weighted by Gasteiger charge is -2.31. The van der Waals surface area contributed by atoms with Crippen molar-refractivity contribution in [2.75, 3.05) is 23.9 Å². The van der Waals surface area contributed by atoms with Crippen LogP contribution in [0.2, 0.25) is 0 Å². The van der Waals surface area contributed by atoms with E-state index in [1.54, 1.807) is 24.3 Å². The number of anilines is 2. The van der Waals surface area contributed by atoms with E-state index >= 15 is 0 Å². The van der Waals surface area contributed by atoms with Gasteiger partial charge in [-0.15, -0.1) is 16.4 Å². The lowest BCUT2D eigenvalue weighted by atomic mass is 9.82. The smallest absolute Gasteiger partial charge is 0.350 e. The molecule has 5 rings (SSSR count). The normalized spacial score (nSPS) is 19.0. The van der Waals surface area contributed by atoms with E-state index in [4.69, 9.17) is 4.74 Å². The number of aromatic nitrogens is 2. The van der Waals surface area contributed by atoms with Gasteiger partial charge in [0.1, 0.15) is 4.88 Å². The number of hydrogen-bond acceptors (Lipinski definition) is 7. The Kier molecular flexibility index (Phi) is 7.83. The number of thiophene rings is 1. The lowest BCUT2D eigenvalue weighted by Crippen LogP contribution is -2.39. The largest absolute Gasteiger partial charge is 0.465 e. The Morgan fingerprint density at radius 2 is 1.79 bits per heavy atom. The number of amides is 2. The summed E-state index contributed by atoms with van der Waals surface area (Å²) >= 11 is 1.33. The number of methoxy groups -OCH3 is 1. The quantitative estimate of drug-likeness (QED) is 0.367. The molecule has 8 nitrogen and oxygen atoms in total. The minimum Gasteiger partial charge on any atom is -0.465 e. The van der Waals surface area contributed by atoms with E-state index in [0.717, 1.165) is 49.0 Å². The van der Waals surface area contributed by atoms with E-state index in [9.17, 15) is 14.4 Å². The maximum atomic E-state index is 13.8. The zero-order valence-corrected chi connectivity index (χ0v) is 22.5. The van der Waals surface area contributed by atoms with E-state index in [1.807, 2.05) is 23.1 Å². The molecule has 0 spiro atoms. The number of nitrogens with one attached hydrogen (secondary N) is 1. The van der Waals surface area contributed by atoms with Crippen molar-refractivity contribution in [1.82, 2.24) is 10.2 Å². The molecule has 0 saturated heterocycles. The number of benzene rings is 1. The third-order valence-corrected chi connectivity index (χ3v) is 8.53. The third-order valence-electron chi connectivity index (χ3n) is 7.38. The fourth-order valence-corrected chi connectivity index (χ4v) is 5.98. The first-order valence-electron chi connectivity index (χ1n) is 13.2. The molecule has 0 bridgehead atoms. The van der Waals surface area contributed by atoms with E-state index in [-0.39, 0.29) is 23.4 Å². The van der Waals surface area contributed by atoms with Gasteiger partial charge in [0.25, 0.3) is 5.91 Å². The minimum atomic E-state index is -0.435. The molecule has 2 aliphatic rings. The first kappa shape index (κ1) is 26.0. The topological polar surface area (TPSA) is 101 Å². The van der Waals surface area contributed by atoms with Gasteiger partial charge >= 0.3 is 5.97 Å². The van der Waals surface area contributed by atoms with Crippen LogP contribution >= 0.6 is 11.3 Å². The maximum Gasteiger partial charge on any atom is 0.350 e. The summed E-state index contributed by atoms with van der Waals surface area (Å²) in [4.78, 5) is 42.2. The summed E-state index contributed by atoms with van der Waals surface area (Å²) in [5, 5.41) is 10.4. The van der Waals surface area contributed by atoms with Crippen LogP contribution in [0.25, 0.3) is 10.4 Å². The molecule has 198 valence electrons. The molecule has 2 heterocycles. The van der Waals surface area contributed by atoms with Gasteiger partial charge in [-0.1, -0.05) is 19.1 Å². The van der Waals surface area contributed by atoms with Gasteiger partial charge in [0, 0.05) is 29.2 Å². The molecule has 0 unspecified atom stereocenters. The average Bonchev–Trinajstić information content (AvgIpc) is 3.67. The van der Waals surface area contributed by atoms with Gasteiger partial charge in [-0.25, -0.2) is 4.79 Å². The Morgan fingerprint density at radius 3 is 2.42 bits per heavy atom. The Balaban J connectivity index is 1.40. The van der Waals surface area contributed by atoms with E-state index in [1.165, 1.54) is 24.6 Å². The van der Waals surface area contributed by atoms with E-state index < -0.39 is 5.97 Å². The monoisotopic (exact) mass is 532 g/mol. The van der Waals surface area contributed by atoms with Gasteiger partial charge in [0.2, 0.25) is 5.91 Å². The van der Waals surface area contributed by atoms with Crippen molar-refractivity contribution in [2.45, 2.75) is 45.4 Å². The molecule has 1 aromatic carbocycles. The van der Waals surface area contributed by atoms with Crippen molar-refractivity contribution in [3.05, 3.63) is 59.2 Å². The highest BCUT2D eigenvalue weighted by molar-refractivity contribution is 7.18. The number of rotatable bonds is 8. The minimum absolute atomic E-state index is 0.00371. The lowest BCUT2D eigenvalue weighted by molar-refractivity contribution is -0.123. The average molecular weight is 533 g/mol. The fraction of sp³-hybridized carbons (Fsp3) is 0.414. The number of carbonyl (C=O) groups is 3. The second-order valence-corrected chi connectivity index (χ2v) is 11.4. The molecule has 2 saturated carbocycles. The molecule has 1 N–H and O–H groups in total. The molecule has 2 aromatic heterocycles. The standard InChI is InChI=1S/C29H32N4O4S/c1-18-5-9-21(10-6-18)28(35)33(17-19-7-8-19)24-16-25(38-26(24)29(36)37-2)20-11-13-22(14-12-20)31-27(34)23-4-3-15-30-32-23/h3-4,11-16,18-19,21H,5-10,17H2,1-2H3,(H,31,34). The first-order chi connectivity index (χ1) is 18.4. The Morgan fingerprint density at radius 1 is 1.05 bits per heavy atom. The highest BCUT2D eigenvalue weighted by Gasteiger charge is 2.35. The van der Waals surface area contributed by atoms with Gasteiger partial charge in [0.15, 0.2) is 5.69 Å². The van der Waals surface area contributed by atoms with Crippen LogP contribution < -0.4 is 10.2 Å². The third kappa shape index (κ3) is 5.93. The van der Waals surface area contributed by atoms with Gasteiger partial charge in [-0.2, -0.15) is 5.10 Å². The van der Waals surface area contributed by atoms with Crippen molar-refractivity contribution >= 4 is 40.5 Å². The van der Waals surface area contributed by atoms with Crippen LogP contribution in [0.3, 0.4) is 0 Å². The van der Waals surface area contributed by atoms with Crippen molar-refractivity contribution in [3.63, 3.8) is 0 Å². The van der Waals surface area contributed by atoms with Crippen LogP contribution in [0.1, 0.15) is 65.6 Å². The second-order valence-electron chi connectivity index (χ2n) is 10.3. The van der Waals surface area contributed by atoms with Gasteiger partial charge in [0.05, 0.1) is 12.8 Å². The van der Waals surface area contributed by atoms with Gasteiger partial charge < -0.3 is 15.0 Å². The highest BCUT2D eigenvalue weighted by Crippen LogP contribution is 2.41. The van der Waals surface area contributed by atoms with Crippen molar-refractivity contribution in [3.8, 4) is 10.4 Å². The van der Waals surface area contributed by atoms with Crippen LogP contribution in [-0.2, 0) is 9.53 Å². The summed E-state index contributed by atoms with van der Waals surface area (Å²) in [5.74, 6) is 0.477. The van der Waals surface area contributed by atoms with Crippen molar-refractivity contribution in [1.29, 1.82) is 0 Å². The number of nitrogens with zero attached hydrogens (tertiary/aromatic N) is 3. The first-order valence-corrected chi connectivity index (χ1v) is 14.0. The van der Waals surface area contributed by atoms with Crippen LogP contribution in [0, 0.1) is 17.8 Å². The molecular formula is C29H32N4O4S. The number of esters is 1. The molecule has 38 heavy (non-hydrogen) atoms. The summed E-state index contributed by atoms with van der Waals surface area (Å²) in [6.45, 7) is 2.88. The Labute approximate surface area is 226 Å². The zero-order chi connectivity index (χ0) is 26.6. The predicted octanol–water partition coefficient (Wildman–Crippen LogP) is 5.81. The molecule has 9 heteroatoms. The highest BCUT2D eigenvalue weighted by atomic mass is 32.1. The molecular weight excluding hydrogens is 500 g/mol. The van der Waals surface area contributed by atoms with Crippen LogP contribution in [0.5, 0.6) is 0 Å². The van der Waals surface area contributed by atoms with E-state index in [0.29, 0.717) is 34.6 Å². The number of carbonyl (C=O) groups excluding carboxylic acids is 3. The molecule has 2 amide bonds. The predicted molar refractivity (Wildman–Crippen MR) is 147 cm³/mol. The molecule has 2 aliphatic carbocycles. The summed E-state index contributed by atoms with van der Waals surface area (Å²) in [7, 11) is 1.37. The van der Waals surface area contributed by atoms with Gasteiger partial charge in [-0.05, 0) is 86.3 Å². The molecule has 3 aromatic rings. The molecule has 2 fully saturated rings. The maximum absolute atomic E-state index is 13.8.